The summed E-state index contributed by atoms with van der Waals surface area (Å²) in [4.78, 5) is 14.0. The van der Waals surface area contributed by atoms with Gasteiger partial charge in [0, 0.05) is 11.8 Å². The first-order valence-corrected chi connectivity index (χ1v) is 3.64. The Balaban J connectivity index is 3.00. The van der Waals surface area contributed by atoms with Gasteiger partial charge in [0.15, 0.2) is 0 Å². The molecule has 0 bridgehead atoms. The average molecular weight is 181 g/mol. The van der Waals surface area contributed by atoms with E-state index in [9.17, 15) is 9.18 Å². The van der Waals surface area contributed by atoms with Crippen LogP contribution in [0, 0.1) is 12.7 Å². The molecule has 0 atom stereocenters. The first kappa shape index (κ1) is 9.38. The number of carboxylic acids is 1. The zero-order valence-electron chi connectivity index (χ0n) is 6.99. The van der Waals surface area contributed by atoms with E-state index < -0.39 is 11.8 Å². The molecule has 0 saturated carbocycles. The van der Waals surface area contributed by atoms with E-state index in [-0.39, 0.29) is 5.69 Å². The summed E-state index contributed by atoms with van der Waals surface area (Å²) in [5.41, 5.74) is 0.689. The van der Waals surface area contributed by atoms with Gasteiger partial charge in [-0.15, -0.1) is 0 Å². The number of hydrogen-bond donors (Lipinski definition) is 1. The summed E-state index contributed by atoms with van der Waals surface area (Å²) in [5, 5.41) is 8.30. The van der Waals surface area contributed by atoms with Crippen LogP contribution in [0.2, 0.25) is 0 Å². The van der Waals surface area contributed by atoms with Gasteiger partial charge < -0.3 is 5.11 Å². The molecule has 1 aromatic rings. The van der Waals surface area contributed by atoms with Crippen molar-refractivity contribution >= 4 is 12.0 Å². The Kier molecular flexibility index (Phi) is 2.74. The monoisotopic (exact) mass is 181 g/mol. The number of aromatic nitrogens is 1. The van der Waals surface area contributed by atoms with Crippen LogP contribution in [0.3, 0.4) is 0 Å². The predicted molar refractivity (Wildman–Crippen MR) is 45.6 cm³/mol. The lowest BCUT2D eigenvalue weighted by atomic mass is 10.3. The van der Waals surface area contributed by atoms with Gasteiger partial charge >= 0.3 is 5.97 Å². The highest BCUT2D eigenvalue weighted by Crippen LogP contribution is 2.06. The molecule has 0 saturated heterocycles. The van der Waals surface area contributed by atoms with Crippen LogP contribution in [0.4, 0.5) is 4.39 Å². The largest absolute Gasteiger partial charge is 0.478 e. The normalized spacial score (nSPS) is 10.6. The summed E-state index contributed by atoms with van der Waals surface area (Å²) < 4.78 is 12.9. The molecule has 13 heavy (non-hydrogen) atoms. The van der Waals surface area contributed by atoms with Gasteiger partial charge in [-0.2, -0.15) is 0 Å². The number of carbonyl (C=O) groups is 1. The fourth-order valence-electron chi connectivity index (χ4n) is 0.827. The van der Waals surface area contributed by atoms with Crippen molar-refractivity contribution < 1.29 is 14.3 Å². The Bertz CT molecular complexity index is 361. The number of pyridine rings is 1. The van der Waals surface area contributed by atoms with Crippen molar-refractivity contribution in [3.05, 3.63) is 35.4 Å². The first-order valence-electron chi connectivity index (χ1n) is 3.64. The third kappa shape index (κ3) is 2.66. The van der Waals surface area contributed by atoms with Crippen LogP contribution in [0.1, 0.15) is 11.4 Å². The van der Waals surface area contributed by atoms with Crippen molar-refractivity contribution in [3.8, 4) is 0 Å². The van der Waals surface area contributed by atoms with Crippen LogP contribution >= 0.6 is 0 Å². The minimum atomic E-state index is -1.12. The third-order valence-electron chi connectivity index (χ3n) is 1.40. The van der Waals surface area contributed by atoms with E-state index in [2.05, 4.69) is 4.98 Å². The molecule has 0 fully saturated rings. The molecule has 0 aliphatic heterocycles. The fourth-order valence-corrected chi connectivity index (χ4v) is 0.827. The molecule has 0 aliphatic rings. The Morgan fingerprint density at radius 3 is 2.92 bits per heavy atom. The highest BCUT2D eigenvalue weighted by atomic mass is 19.1. The van der Waals surface area contributed by atoms with Gasteiger partial charge in [-0.05, 0) is 25.1 Å². The van der Waals surface area contributed by atoms with Gasteiger partial charge in [0.05, 0.1) is 5.69 Å². The van der Waals surface area contributed by atoms with Gasteiger partial charge in [-0.3, -0.25) is 4.98 Å². The topological polar surface area (TPSA) is 50.2 Å². The lowest BCUT2D eigenvalue weighted by Crippen LogP contribution is -1.92. The van der Waals surface area contributed by atoms with Crippen LogP contribution in [-0.2, 0) is 4.79 Å². The minimum absolute atomic E-state index is 0.0439. The maximum atomic E-state index is 12.9. The van der Waals surface area contributed by atoms with Crippen molar-refractivity contribution in [2.75, 3.05) is 0 Å². The second kappa shape index (κ2) is 3.80. The third-order valence-corrected chi connectivity index (χ3v) is 1.40. The van der Waals surface area contributed by atoms with E-state index in [0.717, 1.165) is 12.2 Å². The van der Waals surface area contributed by atoms with Gasteiger partial charge in [-0.1, -0.05) is 0 Å². The SMILES string of the molecule is Cc1ccc(F)c(C=CC(=O)O)n1. The number of carboxylic acid groups (broad SMARTS) is 1. The quantitative estimate of drug-likeness (QED) is 0.705. The number of aryl methyl sites for hydroxylation is 1. The molecule has 0 aliphatic carbocycles. The van der Waals surface area contributed by atoms with Crippen molar-refractivity contribution in [3.63, 3.8) is 0 Å². The van der Waals surface area contributed by atoms with E-state index in [1.807, 2.05) is 0 Å². The summed E-state index contributed by atoms with van der Waals surface area (Å²) in [6.45, 7) is 1.71. The maximum absolute atomic E-state index is 12.9. The second-order valence-corrected chi connectivity index (χ2v) is 2.49. The van der Waals surface area contributed by atoms with E-state index in [0.29, 0.717) is 5.69 Å². The molecule has 0 radical (unpaired) electrons. The van der Waals surface area contributed by atoms with Crippen LogP contribution in [-0.4, -0.2) is 16.1 Å². The van der Waals surface area contributed by atoms with Crippen LogP contribution < -0.4 is 0 Å². The molecule has 68 valence electrons. The number of nitrogens with zero attached hydrogens (tertiary/aromatic N) is 1. The van der Waals surface area contributed by atoms with Gasteiger partial charge in [0.1, 0.15) is 5.82 Å². The highest BCUT2D eigenvalue weighted by molar-refractivity contribution is 5.84. The van der Waals surface area contributed by atoms with Gasteiger partial charge in [0.2, 0.25) is 0 Å². The van der Waals surface area contributed by atoms with E-state index in [4.69, 9.17) is 5.11 Å². The summed E-state index contributed by atoms with van der Waals surface area (Å²) in [6, 6.07) is 2.78. The Morgan fingerprint density at radius 1 is 1.62 bits per heavy atom. The zero-order valence-corrected chi connectivity index (χ0v) is 6.99. The number of aliphatic carboxylic acids is 1. The molecule has 1 rings (SSSR count). The number of rotatable bonds is 2. The Morgan fingerprint density at radius 2 is 2.31 bits per heavy atom. The van der Waals surface area contributed by atoms with E-state index >= 15 is 0 Å². The summed E-state index contributed by atoms with van der Waals surface area (Å²) >= 11 is 0. The lowest BCUT2D eigenvalue weighted by Gasteiger charge is -1.96. The van der Waals surface area contributed by atoms with Crippen LogP contribution in [0.15, 0.2) is 18.2 Å². The molecule has 1 N–H and O–H groups in total. The average Bonchev–Trinajstić information content (AvgIpc) is 2.06. The zero-order chi connectivity index (χ0) is 9.84. The molecular weight excluding hydrogens is 173 g/mol. The van der Waals surface area contributed by atoms with Crippen molar-refractivity contribution in [2.24, 2.45) is 0 Å². The highest BCUT2D eigenvalue weighted by Gasteiger charge is 2.00. The van der Waals surface area contributed by atoms with Gasteiger partial charge in [-0.25, -0.2) is 9.18 Å². The molecule has 0 spiro atoms. The molecule has 0 aromatic carbocycles. The Hall–Kier alpha value is -1.71. The minimum Gasteiger partial charge on any atom is -0.478 e. The first-order chi connectivity index (χ1) is 6.09. The fraction of sp³-hybridized carbons (Fsp3) is 0.111. The predicted octanol–water partition coefficient (Wildman–Crippen LogP) is 1.63. The lowest BCUT2D eigenvalue weighted by molar-refractivity contribution is -0.131. The van der Waals surface area contributed by atoms with Gasteiger partial charge in [0.25, 0.3) is 0 Å². The molecule has 3 nitrogen and oxygen atoms in total. The summed E-state index contributed by atoms with van der Waals surface area (Å²) in [7, 11) is 0. The van der Waals surface area contributed by atoms with Crippen molar-refractivity contribution in [1.29, 1.82) is 0 Å². The molecule has 1 aromatic heterocycles. The standard InChI is InChI=1S/C9H8FNO2/c1-6-2-3-7(10)8(11-6)4-5-9(12)13/h2-5H,1H3,(H,12,13). The number of hydrogen-bond acceptors (Lipinski definition) is 2. The van der Waals surface area contributed by atoms with Crippen molar-refractivity contribution in [1.82, 2.24) is 4.98 Å². The summed E-state index contributed by atoms with van der Waals surface area (Å²) in [6.07, 6.45) is 1.98. The second-order valence-electron chi connectivity index (χ2n) is 2.49. The van der Waals surface area contributed by atoms with E-state index in [1.54, 1.807) is 6.92 Å². The summed E-state index contributed by atoms with van der Waals surface area (Å²) in [5.74, 6) is -1.65. The van der Waals surface area contributed by atoms with Crippen molar-refractivity contribution in [2.45, 2.75) is 6.92 Å². The van der Waals surface area contributed by atoms with Crippen LogP contribution in [0.5, 0.6) is 0 Å². The molecule has 0 unspecified atom stereocenters. The molecule has 4 heteroatoms. The number of halogens is 1. The molecule has 0 amide bonds. The van der Waals surface area contributed by atoms with Crippen LogP contribution in [0.25, 0.3) is 6.08 Å². The smallest absolute Gasteiger partial charge is 0.328 e. The molecular formula is C9H8FNO2. The maximum Gasteiger partial charge on any atom is 0.328 e. The molecule has 1 heterocycles. The van der Waals surface area contributed by atoms with E-state index in [1.165, 1.54) is 12.1 Å². The Labute approximate surface area is 74.5 Å².